The van der Waals surface area contributed by atoms with Gasteiger partial charge in [-0.15, -0.1) is 0 Å². The lowest BCUT2D eigenvalue weighted by molar-refractivity contribution is 0.855. The number of nitrogens with one attached hydrogen (secondary N) is 1. The van der Waals surface area contributed by atoms with Crippen LogP contribution in [0.1, 0.15) is 35.6 Å². The van der Waals surface area contributed by atoms with Crippen molar-refractivity contribution in [2.45, 2.75) is 33.7 Å². The van der Waals surface area contributed by atoms with Crippen LogP contribution < -0.4 is 5.32 Å². The standard InChI is InChI=1S/C15H19N3/c1-10-7-5-6-8-14(10)12(3)17-15-9-11(2)16-13(4)18-15/h5-9,12H,1-4H3,(H,16,17,18). The summed E-state index contributed by atoms with van der Waals surface area (Å²) in [5.74, 6) is 1.69. The van der Waals surface area contributed by atoms with E-state index in [0.717, 1.165) is 17.3 Å². The lowest BCUT2D eigenvalue weighted by Crippen LogP contribution is -2.10. The fourth-order valence-electron chi connectivity index (χ4n) is 2.16. The summed E-state index contributed by atoms with van der Waals surface area (Å²) in [6.07, 6.45) is 0. The first-order valence-electron chi connectivity index (χ1n) is 6.20. The quantitative estimate of drug-likeness (QED) is 0.892. The highest BCUT2D eigenvalue weighted by atomic mass is 15.0. The van der Waals surface area contributed by atoms with E-state index in [4.69, 9.17) is 0 Å². The molecule has 1 heterocycles. The van der Waals surface area contributed by atoms with E-state index in [2.05, 4.69) is 53.4 Å². The molecule has 94 valence electrons. The first-order valence-corrected chi connectivity index (χ1v) is 6.20. The summed E-state index contributed by atoms with van der Waals surface area (Å²) in [5, 5.41) is 3.43. The third-order valence-corrected chi connectivity index (χ3v) is 2.99. The Kier molecular flexibility index (Phi) is 3.60. The Morgan fingerprint density at radius 3 is 2.44 bits per heavy atom. The number of hydrogen-bond donors (Lipinski definition) is 1. The van der Waals surface area contributed by atoms with Gasteiger partial charge in [0.2, 0.25) is 0 Å². The van der Waals surface area contributed by atoms with Gasteiger partial charge in [-0.25, -0.2) is 9.97 Å². The van der Waals surface area contributed by atoms with Crippen LogP contribution in [0.15, 0.2) is 30.3 Å². The molecule has 18 heavy (non-hydrogen) atoms. The Balaban J connectivity index is 2.21. The smallest absolute Gasteiger partial charge is 0.130 e. The minimum atomic E-state index is 0.236. The monoisotopic (exact) mass is 241 g/mol. The third-order valence-electron chi connectivity index (χ3n) is 2.99. The molecule has 0 spiro atoms. The Morgan fingerprint density at radius 1 is 1.06 bits per heavy atom. The van der Waals surface area contributed by atoms with Crippen LogP contribution >= 0.6 is 0 Å². The van der Waals surface area contributed by atoms with E-state index in [1.165, 1.54) is 11.1 Å². The zero-order valence-electron chi connectivity index (χ0n) is 11.4. The first kappa shape index (κ1) is 12.6. The predicted molar refractivity (Wildman–Crippen MR) is 74.7 cm³/mol. The maximum atomic E-state index is 4.41. The zero-order valence-corrected chi connectivity index (χ0v) is 11.4. The largest absolute Gasteiger partial charge is 0.363 e. The molecule has 2 rings (SSSR count). The molecule has 2 aromatic rings. The van der Waals surface area contributed by atoms with Gasteiger partial charge in [0.05, 0.1) is 6.04 Å². The van der Waals surface area contributed by atoms with Gasteiger partial charge in [-0.3, -0.25) is 0 Å². The van der Waals surface area contributed by atoms with Gasteiger partial charge < -0.3 is 5.32 Å². The summed E-state index contributed by atoms with van der Waals surface area (Å²) in [5.41, 5.74) is 3.58. The number of nitrogens with zero attached hydrogens (tertiary/aromatic N) is 2. The van der Waals surface area contributed by atoms with Crippen molar-refractivity contribution in [2.75, 3.05) is 5.32 Å². The summed E-state index contributed by atoms with van der Waals surface area (Å²) >= 11 is 0. The predicted octanol–water partition coefficient (Wildman–Crippen LogP) is 3.57. The van der Waals surface area contributed by atoms with Crippen molar-refractivity contribution in [3.63, 3.8) is 0 Å². The number of rotatable bonds is 3. The molecular formula is C15H19N3. The Labute approximate surface area is 108 Å². The number of hydrogen-bond acceptors (Lipinski definition) is 3. The highest BCUT2D eigenvalue weighted by molar-refractivity contribution is 5.41. The minimum Gasteiger partial charge on any atom is -0.363 e. The van der Waals surface area contributed by atoms with Crippen LogP contribution in [0.2, 0.25) is 0 Å². The molecule has 1 atom stereocenters. The van der Waals surface area contributed by atoms with Crippen LogP contribution in [0.3, 0.4) is 0 Å². The van der Waals surface area contributed by atoms with Gasteiger partial charge in [0, 0.05) is 11.8 Å². The Hall–Kier alpha value is -1.90. The maximum Gasteiger partial charge on any atom is 0.130 e. The number of aromatic nitrogens is 2. The molecule has 0 bridgehead atoms. The van der Waals surface area contributed by atoms with Crippen LogP contribution in [-0.2, 0) is 0 Å². The highest BCUT2D eigenvalue weighted by Gasteiger charge is 2.08. The molecule has 0 fully saturated rings. The van der Waals surface area contributed by atoms with Crippen LogP contribution in [0.25, 0.3) is 0 Å². The van der Waals surface area contributed by atoms with Gasteiger partial charge in [-0.1, -0.05) is 24.3 Å². The van der Waals surface area contributed by atoms with Crippen molar-refractivity contribution in [3.05, 3.63) is 53.0 Å². The summed E-state index contributed by atoms with van der Waals surface area (Å²) in [6.45, 7) is 8.17. The SMILES string of the molecule is Cc1cc(NC(C)c2ccccc2C)nc(C)n1. The molecule has 1 aromatic carbocycles. The molecule has 3 heteroatoms. The summed E-state index contributed by atoms with van der Waals surface area (Å²) in [4.78, 5) is 8.69. The lowest BCUT2D eigenvalue weighted by Gasteiger charge is -2.17. The topological polar surface area (TPSA) is 37.8 Å². The van der Waals surface area contributed by atoms with Gasteiger partial charge in [0.25, 0.3) is 0 Å². The number of anilines is 1. The molecule has 1 unspecified atom stereocenters. The second kappa shape index (κ2) is 5.17. The van der Waals surface area contributed by atoms with Crippen molar-refractivity contribution >= 4 is 5.82 Å². The molecule has 0 saturated heterocycles. The molecule has 3 nitrogen and oxygen atoms in total. The van der Waals surface area contributed by atoms with Gasteiger partial charge >= 0.3 is 0 Å². The Bertz CT molecular complexity index is 529. The molecule has 0 saturated carbocycles. The zero-order chi connectivity index (χ0) is 13.1. The van der Waals surface area contributed by atoms with Gasteiger partial charge in [-0.2, -0.15) is 0 Å². The van der Waals surface area contributed by atoms with Crippen molar-refractivity contribution in [2.24, 2.45) is 0 Å². The lowest BCUT2D eigenvalue weighted by atomic mass is 10.0. The average molecular weight is 241 g/mol. The molecule has 1 N–H and O–H groups in total. The summed E-state index contributed by atoms with van der Waals surface area (Å²) in [6, 6.07) is 10.6. The van der Waals surface area contributed by atoms with E-state index in [1.807, 2.05) is 19.9 Å². The molecular weight excluding hydrogens is 222 g/mol. The molecule has 0 radical (unpaired) electrons. The molecule has 0 aliphatic rings. The van der Waals surface area contributed by atoms with Crippen LogP contribution in [0, 0.1) is 20.8 Å². The number of aryl methyl sites for hydroxylation is 3. The molecule has 0 amide bonds. The van der Waals surface area contributed by atoms with Crippen LogP contribution in [-0.4, -0.2) is 9.97 Å². The molecule has 0 aliphatic heterocycles. The van der Waals surface area contributed by atoms with Gasteiger partial charge in [0.1, 0.15) is 11.6 Å². The van der Waals surface area contributed by atoms with Gasteiger partial charge in [0.15, 0.2) is 0 Å². The summed E-state index contributed by atoms with van der Waals surface area (Å²) in [7, 11) is 0. The third kappa shape index (κ3) is 2.86. The Morgan fingerprint density at radius 2 is 1.78 bits per heavy atom. The summed E-state index contributed by atoms with van der Waals surface area (Å²) < 4.78 is 0. The van der Waals surface area contributed by atoms with Crippen molar-refractivity contribution in [1.29, 1.82) is 0 Å². The van der Waals surface area contributed by atoms with E-state index in [-0.39, 0.29) is 6.04 Å². The fraction of sp³-hybridized carbons (Fsp3) is 0.333. The second-order valence-corrected chi connectivity index (χ2v) is 4.66. The highest BCUT2D eigenvalue weighted by Crippen LogP contribution is 2.21. The fourth-order valence-corrected chi connectivity index (χ4v) is 2.16. The van der Waals surface area contributed by atoms with Crippen LogP contribution in [0.4, 0.5) is 5.82 Å². The first-order chi connectivity index (χ1) is 8.56. The van der Waals surface area contributed by atoms with Crippen molar-refractivity contribution < 1.29 is 0 Å². The maximum absolute atomic E-state index is 4.41. The average Bonchev–Trinajstić information content (AvgIpc) is 2.27. The van der Waals surface area contributed by atoms with E-state index >= 15 is 0 Å². The van der Waals surface area contributed by atoms with Crippen LogP contribution in [0.5, 0.6) is 0 Å². The van der Waals surface area contributed by atoms with Gasteiger partial charge in [-0.05, 0) is 38.8 Å². The molecule has 1 aromatic heterocycles. The van der Waals surface area contributed by atoms with Crippen molar-refractivity contribution in [3.8, 4) is 0 Å². The van der Waals surface area contributed by atoms with E-state index in [1.54, 1.807) is 0 Å². The van der Waals surface area contributed by atoms with E-state index in [9.17, 15) is 0 Å². The number of benzene rings is 1. The second-order valence-electron chi connectivity index (χ2n) is 4.66. The minimum absolute atomic E-state index is 0.236. The van der Waals surface area contributed by atoms with E-state index < -0.39 is 0 Å². The van der Waals surface area contributed by atoms with E-state index in [0.29, 0.717) is 0 Å². The normalized spacial score (nSPS) is 12.2. The molecule has 0 aliphatic carbocycles. The van der Waals surface area contributed by atoms with Crippen molar-refractivity contribution in [1.82, 2.24) is 9.97 Å².